The first-order valence-corrected chi connectivity index (χ1v) is 13.1. The van der Waals surface area contributed by atoms with Gasteiger partial charge in [0.05, 0.1) is 46.2 Å². The molecular formula is C28H29FN8O. The molecule has 2 atom stereocenters. The van der Waals surface area contributed by atoms with Crippen LogP contribution in [0, 0.1) is 43.8 Å². The lowest BCUT2D eigenvalue weighted by atomic mass is 9.97. The molecule has 0 N–H and O–H groups in total. The van der Waals surface area contributed by atoms with Crippen molar-refractivity contribution in [1.82, 2.24) is 29.5 Å². The van der Waals surface area contributed by atoms with Crippen LogP contribution in [-0.2, 0) is 0 Å². The molecule has 10 heteroatoms. The number of aromatic nitrogens is 5. The zero-order chi connectivity index (χ0) is 26.6. The lowest BCUT2D eigenvalue weighted by molar-refractivity contribution is 0.0607. The van der Waals surface area contributed by atoms with Crippen molar-refractivity contribution in [3.8, 4) is 6.07 Å². The van der Waals surface area contributed by atoms with Crippen LogP contribution in [0.3, 0.4) is 0 Å². The smallest absolute Gasteiger partial charge is 0.256 e. The molecule has 3 aromatic heterocycles. The number of aryl methyl sites for hydroxylation is 3. The number of fused-ring (bicyclic) bond motifs is 2. The van der Waals surface area contributed by atoms with Crippen molar-refractivity contribution in [2.45, 2.75) is 52.5 Å². The monoisotopic (exact) mass is 512 g/mol. The standard InChI is InChI=1S/C28H29FN8O/c1-16-14-37-25(33-27(16)35-9-7-19(13-30)15-35)12-22(34-37)24-6-4-5-8-36(24)28(38)21-10-20(29)11-23-26(21)32-18(3)17(2)31-23/h10-12,14,19,24H,4-9,15H2,1-3H3/t19?,24-/m0/s1. The lowest BCUT2D eigenvalue weighted by Gasteiger charge is -2.35. The molecule has 9 nitrogen and oxygen atoms in total. The molecule has 0 aliphatic carbocycles. The topological polar surface area (TPSA) is 103 Å². The summed E-state index contributed by atoms with van der Waals surface area (Å²) < 4.78 is 16.3. The van der Waals surface area contributed by atoms with Gasteiger partial charge in [0.1, 0.15) is 17.2 Å². The first-order chi connectivity index (χ1) is 18.3. The van der Waals surface area contributed by atoms with Gasteiger partial charge < -0.3 is 9.80 Å². The fourth-order valence-electron chi connectivity index (χ4n) is 5.66. The van der Waals surface area contributed by atoms with E-state index in [0.717, 1.165) is 49.3 Å². The van der Waals surface area contributed by atoms with Crippen LogP contribution in [0.5, 0.6) is 0 Å². The second-order valence-electron chi connectivity index (χ2n) is 10.4. The number of nitrogens with zero attached hydrogens (tertiary/aromatic N) is 8. The second-order valence-corrected chi connectivity index (χ2v) is 10.4. The summed E-state index contributed by atoms with van der Waals surface area (Å²) in [5.74, 6) is 0.116. The summed E-state index contributed by atoms with van der Waals surface area (Å²) in [5, 5.41) is 14.1. The SMILES string of the molecule is Cc1cn2nc([C@@H]3CCCCN3C(=O)c3cc(F)cc4nc(C)c(C)nc34)cc2nc1N1CCC(C#N)C1. The maximum atomic E-state index is 14.6. The number of hydrogen-bond acceptors (Lipinski definition) is 7. The third-order valence-corrected chi connectivity index (χ3v) is 7.78. The number of amides is 1. The van der Waals surface area contributed by atoms with E-state index in [2.05, 4.69) is 20.9 Å². The number of carbonyl (C=O) groups is 1. The fraction of sp³-hybridized carbons (Fsp3) is 0.429. The van der Waals surface area contributed by atoms with Crippen LogP contribution in [-0.4, -0.2) is 55.0 Å². The van der Waals surface area contributed by atoms with Gasteiger partial charge in [-0.1, -0.05) is 0 Å². The van der Waals surface area contributed by atoms with Gasteiger partial charge in [0.15, 0.2) is 5.65 Å². The number of hydrogen-bond donors (Lipinski definition) is 0. The summed E-state index contributed by atoms with van der Waals surface area (Å²) in [6.07, 6.45) is 5.38. The van der Waals surface area contributed by atoms with E-state index >= 15 is 0 Å². The number of halogens is 1. The fourth-order valence-corrected chi connectivity index (χ4v) is 5.66. The molecule has 2 aliphatic heterocycles. The van der Waals surface area contributed by atoms with Crippen molar-refractivity contribution in [3.05, 3.63) is 58.4 Å². The highest BCUT2D eigenvalue weighted by molar-refractivity contribution is 6.05. The van der Waals surface area contributed by atoms with Gasteiger partial charge in [-0.3, -0.25) is 4.79 Å². The van der Waals surface area contributed by atoms with Gasteiger partial charge in [-0.2, -0.15) is 10.4 Å². The van der Waals surface area contributed by atoms with E-state index < -0.39 is 5.82 Å². The van der Waals surface area contributed by atoms with Crippen molar-refractivity contribution in [2.75, 3.05) is 24.5 Å². The zero-order valence-corrected chi connectivity index (χ0v) is 21.8. The van der Waals surface area contributed by atoms with Crippen molar-refractivity contribution < 1.29 is 9.18 Å². The minimum Gasteiger partial charge on any atom is -0.355 e. The molecule has 6 rings (SSSR count). The van der Waals surface area contributed by atoms with Gasteiger partial charge in [0.25, 0.3) is 5.91 Å². The molecule has 2 aliphatic rings. The Morgan fingerprint density at radius 3 is 2.66 bits per heavy atom. The van der Waals surface area contributed by atoms with Crippen molar-refractivity contribution in [2.24, 2.45) is 5.92 Å². The van der Waals surface area contributed by atoms with Gasteiger partial charge in [0, 0.05) is 43.5 Å². The molecule has 0 radical (unpaired) electrons. The van der Waals surface area contributed by atoms with Gasteiger partial charge in [-0.05, 0) is 52.5 Å². The second kappa shape index (κ2) is 9.31. The van der Waals surface area contributed by atoms with Crippen LogP contribution in [0.15, 0.2) is 24.4 Å². The van der Waals surface area contributed by atoms with Crippen molar-refractivity contribution in [1.29, 1.82) is 5.26 Å². The average Bonchev–Trinajstić information content (AvgIpc) is 3.55. The van der Waals surface area contributed by atoms with Crippen molar-refractivity contribution >= 4 is 28.4 Å². The maximum Gasteiger partial charge on any atom is 0.256 e. The number of benzene rings is 1. The van der Waals surface area contributed by atoms with E-state index in [1.807, 2.05) is 33.0 Å². The molecule has 0 saturated carbocycles. The third-order valence-electron chi connectivity index (χ3n) is 7.78. The number of piperidine rings is 1. The molecule has 0 spiro atoms. The molecule has 1 unspecified atom stereocenters. The van der Waals surface area contributed by atoms with E-state index in [1.165, 1.54) is 12.1 Å². The predicted molar refractivity (Wildman–Crippen MR) is 140 cm³/mol. The van der Waals surface area contributed by atoms with Gasteiger partial charge in [-0.25, -0.2) is 23.9 Å². The van der Waals surface area contributed by atoms with E-state index in [0.29, 0.717) is 41.2 Å². The molecule has 1 aromatic carbocycles. The minimum absolute atomic E-state index is 0.0194. The first-order valence-electron chi connectivity index (χ1n) is 13.1. The van der Waals surface area contributed by atoms with Crippen LogP contribution in [0.4, 0.5) is 10.2 Å². The van der Waals surface area contributed by atoms with E-state index in [-0.39, 0.29) is 23.4 Å². The molecule has 0 bridgehead atoms. The molecule has 4 aromatic rings. The minimum atomic E-state index is -0.507. The van der Waals surface area contributed by atoms with E-state index in [9.17, 15) is 14.4 Å². The lowest BCUT2D eigenvalue weighted by Crippen LogP contribution is -2.39. The van der Waals surface area contributed by atoms with E-state index in [4.69, 9.17) is 10.1 Å². The molecule has 38 heavy (non-hydrogen) atoms. The van der Waals surface area contributed by atoms with Crippen molar-refractivity contribution in [3.63, 3.8) is 0 Å². The first kappa shape index (κ1) is 24.2. The Morgan fingerprint density at radius 2 is 1.87 bits per heavy atom. The van der Waals surface area contributed by atoms with Gasteiger partial charge in [-0.15, -0.1) is 0 Å². The number of rotatable bonds is 3. The third kappa shape index (κ3) is 4.12. The van der Waals surface area contributed by atoms with Crippen LogP contribution < -0.4 is 4.90 Å². The Kier molecular flexibility index (Phi) is 5.94. The van der Waals surface area contributed by atoms with Crippen LogP contribution in [0.1, 0.15) is 64.7 Å². The molecule has 1 amide bonds. The maximum absolute atomic E-state index is 14.6. The summed E-state index contributed by atoms with van der Waals surface area (Å²) in [7, 11) is 0. The normalized spacial score (nSPS) is 19.9. The highest BCUT2D eigenvalue weighted by Crippen LogP contribution is 2.34. The zero-order valence-electron chi connectivity index (χ0n) is 21.8. The summed E-state index contributed by atoms with van der Waals surface area (Å²) in [6, 6.07) is 6.64. The predicted octanol–water partition coefficient (Wildman–Crippen LogP) is 4.45. The Hall–Kier alpha value is -4.13. The number of carbonyl (C=O) groups excluding carboxylic acids is 1. The summed E-state index contributed by atoms with van der Waals surface area (Å²) in [6.45, 7) is 7.69. The Labute approximate surface area is 219 Å². The summed E-state index contributed by atoms with van der Waals surface area (Å²) in [5.41, 5.74) is 4.89. The van der Waals surface area contributed by atoms with E-state index in [1.54, 1.807) is 9.42 Å². The van der Waals surface area contributed by atoms with Crippen LogP contribution in [0.2, 0.25) is 0 Å². The van der Waals surface area contributed by atoms with Gasteiger partial charge in [0.2, 0.25) is 0 Å². The average molecular weight is 513 g/mol. The van der Waals surface area contributed by atoms with Crippen LogP contribution in [0.25, 0.3) is 16.7 Å². The summed E-state index contributed by atoms with van der Waals surface area (Å²) >= 11 is 0. The molecule has 2 saturated heterocycles. The van der Waals surface area contributed by atoms with Gasteiger partial charge >= 0.3 is 0 Å². The Morgan fingerprint density at radius 1 is 1.05 bits per heavy atom. The number of likely N-dealkylation sites (tertiary alicyclic amines) is 1. The molecule has 5 heterocycles. The molecular weight excluding hydrogens is 483 g/mol. The molecule has 2 fully saturated rings. The largest absolute Gasteiger partial charge is 0.355 e. The molecule has 194 valence electrons. The summed E-state index contributed by atoms with van der Waals surface area (Å²) in [4.78, 5) is 31.8. The number of nitriles is 1. The number of anilines is 1. The Bertz CT molecular complexity index is 1620. The van der Waals surface area contributed by atoms with Crippen LogP contribution >= 0.6 is 0 Å². The highest BCUT2D eigenvalue weighted by Gasteiger charge is 2.33. The Balaban J connectivity index is 1.37. The highest BCUT2D eigenvalue weighted by atomic mass is 19.1. The quantitative estimate of drug-likeness (QED) is 0.399.